The molecular formula is C14H30NO2P. The molecule has 3 nitrogen and oxygen atoms in total. The van der Waals surface area contributed by atoms with Crippen molar-refractivity contribution in [2.24, 2.45) is 0 Å². The van der Waals surface area contributed by atoms with E-state index in [9.17, 15) is 0 Å². The first-order valence-corrected chi connectivity index (χ1v) is 8.23. The maximum atomic E-state index is 5.76. The lowest BCUT2D eigenvalue weighted by Gasteiger charge is -2.19. The normalized spacial score (nSPS) is 12.6. The molecule has 0 amide bonds. The Morgan fingerprint density at radius 3 is 1.89 bits per heavy atom. The van der Waals surface area contributed by atoms with E-state index in [4.69, 9.17) is 9.05 Å². The highest BCUT2D eigenvalue weighted by molar-refractivity contribution is 7.50. The topological polar surface area (TPSA) is 30.5 Å². The van der Waals surface area contributed by atoms with Crippen molar-refractivity contribution in [3.63, 3.8) is 0 Å². The van der Waals surface area contributed by atoms with Gasteiger partial charge in [-0.1, -0.05) is 26.7 Å². The van der Waals surface area contributed by atoms with Gasteiger partial charge in [-0.15, -0.1) is 0 Å². The monoisotopic (exact) mass is 275 g/mol. The Labute approximate surface area is 114 Å². The third kappa shape index (κ3) is 12.3. The van der Waals surface area contributed by atoms with E-state index in [0.29, 0.717) is 0 Å². The maximum absolute atomic E-state index is 5.76. The van der Waals surface area contributed by atoms with Crippen molar-refractivity contribution in [2.45, 2.75) is 65.8 Å². The zero-order chi connectivity index (χ0) is 13.9. The first-order chi connectivity index (χ1) is 8.49. The molecule has 0 unspecified atom stereocenters. The Balaban J connectivity index is 4.01. The minimum absolute atomic E-state index is 0.0876. The van der Waals surface area contributed by atoms with Gasteiger partial charge in [0.05, 0.1) is 13.2 Å². The molecule has 1 N–H and O–H groups in total. The number of hydrogen-bond donors (Lipinski definition) is 1. The summed E-state index contributed by atoms with van der Waals surface area (Å²) < 4.78 is 11.5. The summed E-state index contributed by atoms with van der Waals surface area (Å²) in [6, 6.07) is 0. The predicted octanol–water partition coefficient (Wildman–Crippen LogP) is 4.79. The van der Waals surface area contributed by atoms with Crippen molar-refractivity contribution in [1.82, 2.24) is 5.32 Å². The highest BCUT2D eigenvalue weighted by Gasteiger charge is 2.08. The average Bonchev–Trinajstić information content (AvgIpc) is 2.27. The van der Waals surface area contributed by atoms with E-state index in [1.54, 1.807) is 0 Å². The molecule has 0 rings (SSSR count). The first-order valence-electron chi connectivity index (χ1n) is 6.99. The van der Waals surface area contributed by atoms with Crippen molar-refractivity contribution in [1.29, 1.82) is 0 Å². The predicted molar refractivity (Wildman–Crippen MR) is 80.7 cm³/mol. The third-order valence-electron chi connectivity index (χ3n) is 2.15. The van der Waals surface area contributed by atoms with Gasteiger partial charge >= 0.3 is 0 Å². The van der Waals surface area contributed by atoms with Crippen molar-refractivity contribution in [2.75, 3.05) is 13.2 Å². The number of unbranched alkanes of at least 4 members (excludes halogenated alkanes) is 2. The quantitative estimate of drug-likeness (QED) is 0.459. The summed E-state index contributed by atoms with van der Waals surface area (Å²) in [5.41, 5.74) is 0.0876. The Kier molecular flexibility index (Phi) is 10.7. The molecule has 0 aliphatic heterocycles. The van der Waals surface area contributed by atoms with Crippen LogP contribution in [0.3, 0.4) is 0 Å². The van der Waals surface area contributed by atoms with Crippen LogP contribution in [0.15, 0.2) is 12.0 Å². The van der Waals surface area contributed by atoms with E-state index in [1.165, 1.54) is 0 Å². The Morgan fingerprint density at radius 2 is 1.50 bits per heavy atom. The van der Waals surface area contributed by atoms with Crippen LogP contribution in [0.2, 0.25) is 0 Å². The van der Waals surface area contributed by atoms with Gasteiger partial charge in [-0.05, 0) is 33.6 Å². The summed E-state index contributed by atoms with van der Waals surface area (Å²) in [7, 11) is -0.880. The van der Waals surface area contributed by atoms with E-state index in [0.717, 1.165) is 38.9 Å². The van der Waals surface area contributed by atoms with Crippen molar-refractivity contribution < 1.29 is 9.05 Å². The van der Waals surface area contributed by atoms with Crippen LogP contribution in [0.4, 0.5) is 0 Å². The fourth-order valence-corrected chi connectivity index (χ4v) is 2.13. The largest absolute Gasteiger partial charge is 0.386 e. The lowest BCUT2D eigenvalue weighted by molar-refractivity contribution is 0.249. The fraction of sp³-hybridized carbons (Fsp3) is 0.857. The van der Waals surface area contributed by atoms with Crippen molar-refractivity contribution in [3.8, 4) is 0 Å². The summed E-state index contributed by atoms with van der Waals surface area (Å²) in [5.74, 6) is 2.02. The van der Waals surface area contributed by atoms with Gasteiger partial charge in [-0.2, -0.15) is 0 Å². The van der Waals surface area contributed by atoms with Crippen molar-refractivity contribution >= 4 is 8.38 Å². The van der Waals surface area contributed by atoms with Crippen LogP contribution < -0.4 is 5.32 Å². The van der Waals surface area contributed by atoms with E-state index < -0.39 is 8.38 Å². The number of nitrogens with one attached hydrogen (secondary N) is 1. The molecule has 0 aromatic carbocycles. The van der Waals surface area contributed by atoms with Gasteiger partial charge in [-0.25, -0.2) is 0 Å². The lowest BCUT2D eigenvalue weighted by Crippen LogP contribution is -2.30. The second kappa shape index (κ2) is 10.8. The maximum Gasteiger partial charge on any atom is 0.198 e. The molecule has 0 aliphatic rings. The van der Waals surface area contributed by atoms with Crippen LogP contribution in [-0.2, 0) is 9.05 Å². The molecule has 0 saturated heterocycles. The highest BCUT2D eigenvalue weighted by Crippen LogP contribution is 2.40. The summed E-state index contributed by atoms with van der Waals surface area (Å²) in [6.45, 7) is 12.3. The summed E-state index contributed by atoms with van der Waals surface area (Å²) >= 11 is 0. The Hall–Kier alpha value is -0.110. The van der Waals surface area contributed by atoms with Gasteiger partial charge < -0.3 is 14.4 Å². The molecule has 0 heterocycles. The molecule has 0 bridgehead atoms. The van der Waals surface area contributed by atoms with Gasteiger partial charge in [0.15, 0.2) is 8.38 Å². The first kappa shape index (κ1) is 17.9. The molecule has 0 atom stereocenters. The molecule has 0 aromatic heterocycles. The lowest BCUT2D eigenvalue weighted by atomic mass is 10.1. The second-order valence-electron chi connectivity index (χ2n) is 5.37. The summed E-state index contributed by atoms with van der Waals surface area (Å²) in [6.07, 6.45) is 6.46. The smallest absolute Gasteiger partial charge is 0.198 e. The van der Waals surface area contributed by atoms with Crippen LogP contribution in [0.25, 0.3) is 0 Å². The number of hydrogen-bond acceptors (Lipinski definition) is 3. The minimum atomic E-state index is -0.880. The SMILES string of the molecule is CCCCOP(/C=C/NC(C)(C)C)OCCCC. The van der Waals surface area contributed by atoms with E-state index in [1.807, 2.05) is 12.0 Å². The van der Waals surface area contributed by atoms with Crippen LogP contribution in [0.1, 0.15) is 60.3 Å². The van der Waals surface area contributed by atoms with Gasteiger partial charge in [-0.3, -0.25) is 0 Å². The fourth-order valence-electron chi connectivity index (χ4n) is 1.07. The Morgan fingerprint density at radius 1 is 1.00 bits per heavy atom. The van der Waals surface area contributed by atoms with Crippen LogP contribution in [0.5, 0.6) is 0 Å². The van der Waals surface area contributed by atoms with Crippen molar-refractivity contribution in [3.05, 3.63) is 12.0 Å². The number of rotatable bonds is 10. The third-order valence-corrected chi connectivity index (χ3v) is 3.41. The minimum Gasteiger partial charge on any atom is -0.386 e. The van der Waals surface area contributed by atoms with Gasteiger partial charge in [0.1, 0.15) is 0 Å². The van der Waals surface area contributed by atoms with Crippen LogP contribution >= 0.6 is 8.38 Å². The molecular weight excluding hydrogens is 245 g/mol. The van der Waals surface area contributed by atoms with Gasteiger partial charge in [0.2, 0.25) is 0 Å². The zero-order valence-electron chi connectivity index (χ0n) is 12.7. The molecule has 4 heteroatoms. The van der Waals surface area contributed by atoms with E-state index >= 15 is 0 Å². The molecule has 0 fully saturated rings. The molecule has 0 saturated carbocycles. The molecule has 0 aliphatic carbocycles. The van der Waals surface area contributed by atoms with E-state index in [2.05, 4.69) is 39.9 Å². The molecule has 0 spiro atoms. The summed E-state index contributed by atoms with van der Waals surface area (Å²) in [5, 5.41) is 3.31. The van der Waals surface area contributed by atoms with Gasteiger partial charge in [0, 0.05) is 17.6 Å². The zero-order valence-corrected chi connectivity index (χ0v) is 13.6. The molecule has 108 valence electrons. The Bertz CT molecular complexity index is 204. The average molecular weight is 275 g/mol. The van der Waals surface area contributed by atoms with Crippen LogP contribution in [-0.4, -0.2) is 18.8 Å². The van der Waals surface area contributed by atoms with Gasteiger partial charge in [0.25, 0.3) is 0 Å². The second-order valence-corrected chi connectivity index (χ2v) is 6.75. The molecule has 18 heavy (non-hydrogen) atoms. The molecule has 0 aromatic rings. The van der Waals surface area contributed by atoms with Crippen LogP contribution in [0, 0.1) is 0 Å². The van der Waals surface area contributed by atoms with E-state index in [-0.39, 0.29) is 5.54 Å². The summed E-state index contributed by atoms with van der Waals surface area (Å²) in [4.78, 5) is 0. The standard InChI is InChI=1S/C14H30NO2P/c1-6-8-11-16-18(17-12-9-7-2)13-10-15-14(3,4)5/h10,13,15H,6-9,11-12H2,1-5H3/b13-10+. The highest BCUT2D eigenvalue weighted by atomic mass is 31.2. The molecule has 0 radical (unpaired) electrons.